The first-order valence-electron chi connectivity index (χ1n) is 6.53. The highest BCUT2D eigenvalue weighted by atomic mass is 16.5. The Kier molecular flexibility index (Phi) is 4.36. The first kappa shape index (κ1) is 12.1. The lowest BCUT2D eigenvalue weighted by molar-refractivity contribution is -0.120. The van der Waals surface area contributed by atoms with Gasteiger partial charge in [-0.1, -0.05) is 0 Å². The molecule has 0 aromatic carbocycles. The Morgan fingerprint density at radius 3 is 3.00 bits per heavy atom. The van der Waals surface area contributed by atoms with E-state index >= 15 is 0 Å². The Labute approximate surface area is 98.1 Å². The molecule has 2 atom stereocenters. The predicted molar refractivity (Wildman–Crippen MR) is 63.4 cm³/mol. The van der Waals surface area contributed by atoms with E-state index in [0.29, 0.717) is 17.6 Å². The zero-order chi connectivity index (χ0) is 11.4. The molecule has 2 unspecified atom stereocenters. The van der Waals surface area contributed by atoms with Crippen LogP contribution in [0.1, 0.15) is 32.1 Å². The third-order valence-corrected chi connectivity index (χ3v) is 4.00. The van der Waals surface area contributed by atoms with E-state index in [0.717, 1.165) is 45.4 Å². The number of rotatable bonds is 5. The number of methoxy groups -OCH3 is 1. The molecule has 2 aliphatic rings. The molecule has 0 bridgehead atoms. The van der Waals surface area contributed by atoms with E-state index in [1.165, 1.54) is 13.0 Å². The molecule has 1 saturated carbocycles. The van der Waals surface area contributed by atoms with E-state index in [9.17, 15) is 4.79 Å². The molecular weight excluding hydrogens is 202 g/mol. The summed E-state index contributed by atoms with van der Waals surface area (Å²) in [4.78, 5) is 14.0. The van der Waals surface area contributed by atoms with Crippen LogP contribution in [0, 0.1) is 11.8 Å². The van der Waals surface area contributed by atoms with Crippen molar-refractivity contribution in [1.82, 2.24) is 4.90 Å². The summed E-state index contributed by atoms with van der Waals surface area (Å²) in [6, 6.07) is 0. The van der Waals surface area contributed by atoms with Crippen molar-refractivity contribution < 1.29 is 9.53 Å². The van der Waals surface area contributed by atoms with Crippen molar-refractivity contribution in [3.63, 3.8) is 0 Å². The van der Waals surface area contributed by atoms with Crippen molar-refractivity contribution in [2.24, 2.45) is 11.8 Å². The maximum atomic E-state index is 11.5. The molecule has 3 heteroatoms. The highest BCUT2D eigenvalue weighted by molar-refractivity contribution is 5.82. The summed E-state index contributed by atoms with van der Waals surface area (Å²) in [6.45, 7) is 4.35. The number of carbonyl (C=O) groups excluding carboxylic acids is 1. The Balaban J connectivity index is 1.65. The first-order chi connectivity index (χ1) is 7.79. The van der Waals surface area contributed by atoms with E-state index in [1.54, 1.807) is 7.11 Å². The number of ketones is 1. The zero-order valence-corrected chi connectivity index (χ0v) is 10.3. The van der Waals surface area contributed by atoms with Gasteiger partial charge in [0.05, 0.1) is 6.61 Å². The summed E-state index contributed by atoms with van der Waals surface area (Å²) < 4.78 is 5.19. The predicted octanol–water partition coefficient (Wildman–Crippen LogP) is 1.71. The van der Waals surface area contributed by atoms with Gasteiger partial charge in [-0.15, -0.1) is 0 Å². The van der Waals surface area contributed by atoms with Crippen molar-refractivity contribution >= 4 is 5.78 Å². The molecule has 1 aliphatic carbocycles. The minimum absolute atomic E-state index is 0.376. The minimum atomic E-state index is 0.376. The third-order valence-electron chi connectivity index (χ3n) is 4.00. The third kappa shape index (κ3) is 3.05. The molecule has 0 aromatic heterocycles. The van der Waals surface area contributed by atoms with Crippen molar-refractivity contribution in [3.05, 3.63) is 0 Å². The molecule has 16 heavy (non-hydrogen) atoms. The van der Waals surface area contributed by atoms with Crippen LogP contribution in [0.25, 0.3) is 0 Å². The normalized spacial score (nSPS) is 31.4. The number of carbonyl (C=O) groups is 1. The van der Waals surface area contributed by atoms with Crippen molar-refractivity contribution in [2.45, 2.75) is 32.1 Å². The van der Waals surface area contributed by atoms with Gasteiger partial charge in [-0.25, -0.2) is 0 Å². The fourth-order valence-electron chi connectivity index (χ4n) is 3.02. The van der Waals surface area contributed by atoms with Crippen LogP contribution in [-0.4, -0.2) is 44.0 Å². The van der Waals surface area contributed by atoms with Gasteiger partial charge < -0.3 is 9.64 Å². The van der Waals surface area contributed by atoms with Crippen LogP contribution < -0.4 is 0 Å². The average molecular weight is 225 g/mol. The van der Waals surface area contributed by atoms with Crippen LogP contribution >= 0.6 is 0 Å². The lowest BCUT2D eigenvalue weighted by atomic mass is 10.0. The second-order valence-corrected chi connectivity index (χ2v) is 5.25. The number of hydrogen-bond acceptors (Lipinski definition) is 3. The largest absolute Gasteiger partial charge is 0.384 e. The van der Waals surface area contributed by atoms with E-state index in [2.05, 4.69) is 4.90 Å². The molecule has 0 amide bonds. The molecule has 1 aliphatic heterocycles. The molecular formula is C13H23NO2. The Hall–Kier alpha value is -0.410. The number of nitrogens with zero attached hydrogens (tertiary/aromatic N) is 1. The molecule has 3 nitrogen and oxygen atoms in total. The lowest BCUT2D eigenvalue weighted by Gasteiger charge is -2.17. The second kappa shape index (κ2) is 5.78. The molecule has 2 rings (SSSR count). The summed E-state index contributed by atoms with van der Waals surface area (Å²) in [5.41, 5.74) is 0. The van der Waals surface area contributed by atoms with Crippen LogP contribution in [0.5, 0.6) is 0 Å². The fraction of sp³-hybridized carbons (Fsp3) is 0.923. The molecule has 0 N–H and O–H groups in total. The van der Waals surface area contributed by atoms with Crippen molar-refractivity contribution in [2.75, 3.05) is 33.4 Å². The van der Waals surface area contributed by atoms with Gasteiger partial charge in [-0.2, -0.15) is 0 Å². The van der Waals surface area contributed by atoms with Crippen LogP contribution in [0.15, 0.2) is 0 Å². The van der Waals surface area contributed by atoms with Gasteiger partial charge in [-0.3, -0.25) is 4.79 Å². The topological polar surface area (TPSA) is 29.5 Å². The van der Waals surface area contributed by atoms with Gasteiger partial charge in [0.15, 0.2) is 0 Å². The van der Waals surface area contributed by atoms with Crippen LogP contribution in [-0.2, 0) is 9.53 Å². The Morgan fingerprint density at radius 2 is 2.31 bits per heavy atom. The smallest absolute Gasteiger partial charge is 0.136 e. The van der Waals surface area contributed by atoms with Crippen molar-refractivity contribution in [1.29, 1.82) is 0 Å². The van der Waals surface area contributed by atoms with Gasteiger partial charge in [0.2, 0.25) is 0 Å². The molecule has 1 heterocycles. The van der Waals surface area contributed by atoms with E-state index in [-0.39, 0.29) is 0 Å². The quantitative estimate of drug-likeness (QED) is 0.713. The molecule has 92 valence electrons. The zero-order valence-electron chi connectivity index (χ0n) is 10.3. The molecule has 0 aromatic rings. The van der Waals surface area contributed by atoms with Crippen LogP contribution in [0.3, 0.4) is 0 Å². The number of likely N-dealkylation sites (tertiary alicyclic amines) is 1. The Morgan fingerprint density at radius 1 is 1.44 bits per heavy atom. The van der Waals surface area contributed by atoms with Gasteiger partial charge in [-0.05, 0) is 44.7 Å². The van der Waals surface area contributed by atoms with E-state index < -0.39 is 0 Å². The Bertz CT molecular complexity index is 242. The summed E-state index contributed by atoms with van der Waals surface area (Å²) >= 11 is 0. The average Bonchev–Trinajstić information content (AvgIpc) is 2.86. The second-order valence-electron chi connectivity index (χ2n) is 5.25. The highest BCUT2D eigenvalue weighted by Crippen LogP contribution is 2.25. The van der Waals surface area contributed by atoms with E-state index in [1.807, 2.05) is 0 Å². The maximum Gasteiger partial charge on any atom is 0.136 e. The first-order valence-corrected chi connectivity index (χ1v) is 6.53. The highest BCUT2D eigenvalue weighted by Gasteiger charge is 2.27. The summed E-state index contributed by atoms with van der Waals surface area (Å²) in [5, 5.41) is 0. The molecule has 1 saturated heterocycles. The number of ether oxygens (including phenoxy) is 1. The molecule has 2 fully saturated rings. The maximum absolute atomic E-state index is 11.5. The van der Waals surface area contributed by atoms with Gasteiger partial charge in [0, 0.05) is 26.0 Å². The number of Topliss-reactive ketones (excluding diaryl/α,β-unsaturated/α-hetero) is 1. The standard InChI is InChI=1S/C13H23NO2/c1-16-10-11-5-7-14(9-11)8-6-12-3-2-4-13(12)15/h11-12H,2-10H2,1H3. The molecule has 0 spiro atoms. The summed E-state index contributed by atoms with van der Waals surface area (Å²) in [5.74, 6) is 1.60. The lowest BCUT2D eigenvalue weighted by Crippen LogP contribution is -2.25. The van der Waals surface area contributed by atoms with Crippen molar-refractivity contribution in [3.8, 4) is 0 Å². The fourth-order valence-corrected chi connectivity index (χ4v) is 3.02. The molecule has 0 radical (unpaired) electrons. The monoisotopic (exact) mass is 225 g/mol. The SMILES string of the molecule is COCC1CCN(CCC2CCCC2=O)C1. The van der Waals surface area contributed by atoms with Crippen LogP contribution in [0.2, 0.25) is 0 Å². The van der Waals surface area contributed by atoms with Gasteiger partial charge in [0.25, 0.3) is 0 Å². The van der Waals surface area contributed by atoms with Gasteiger partial charge in [0.1, 0.15) is 5.78 Å². The van der Waals surface area contributed by atoms with Crippen LogP contribution in [0.4, 0.5) is 0 Å². The van der Waals surface area contributed by atoms with E-state index in [4.69, 9.17) is 4.74 Å². The number of hydrogen-bond donors (Lipinski definition) is 0. The summed E-state index contributed by atoms with van der Waals surface area (Å²) in [7, 11) is 1.78. The summed E-state index contributed by atoms with van der Waals surface area (Å²) in [6.07, 6.45) is 5.42. The minimum Gasteiger partial charge on any atom is -0.384 e. The van der Waals surface area contributed by atoms with Gasteiger partial charge >= 0.3 is 0 Å².